The lowest BCUT2D eigenvalue weighted by Gasteiger charge is -2.34. The molecule has 0 spiro atoms. The van der Waals surface area contributed by atoms with E-state index in [1.165, 1.54) is 12.0 Å². The molecule has 0 bridgehead atoms. The molecule has 2 aromatic rings. The Labute approximate surface area is 247 Å². The number of alkyl halides is 3. The molecule has 1 aliphatic rings. The van der Waals surface area contributed by atoms with Gasteiger partial charge in [0, 0.05) is 22.2 Å². The highest BCUT2D eigenvalue weighted by Gasteiger charge is 2.59. The first-order chi connectivity index (χ1) is 19.1. The molecule has 1 saturated heterocycles. The Kier molecular flexibility index (Phi) is 11.6. The summed E-state index contributed by atoms with van der Waals surface area (Å²) < 4.78 is 57.9. The fourth-order valence-corrected chi connectivity index (χ4v) is 5.39. The monoisotopic (exact) mass is 646 g/mol. The predicted molar refractivity (Wildman–Crippen MR) is 150 cm³/mol. The van der Waals surface area contributed by atoms with E-state index in [0.29, 0.717) is 16.2 Å². The van der Waals surface area contributed by atoms with Crippen LogP contribution in [0.3, 0.4) is 0 Å². The summed E-state index contributed by atoms with van der Waals surface area (Å²) in [6.45, 7) is 12.4. The van der Waals surface area contributed by atoms with Crippen molar-refractivity contribution in [2.24, 2.45) is 11.3 Å². The van der Waals surface area contributed by atoms with Gasteiger partial charge in [-0.05, 0) is 43.0 Å². The number of nitrogens with zero attached hydrogens (tertiary/aromatic N) is 2. The number of rotatable bonds is 7. The van der Waals surface area contributed by atoms with Crippen LogP contribution in [0.4, 0.5) is 18.0 Å². The van der Waals surface area contributed by atoms with Crippen molar-refractivity contribution < 1.29 is 42.1 Å². The van der Waals surface area contributed by atoms with Crippen LogP contribution in [0.25, 0.3) is 0 Å². The molecule has 12 heteroatoms. The Balaban J connectivity index is 0.00000287. The number of hydrogen-bond acceptors (Lipinski definition) is 6. The van der Waals surface area contributed by atoms with Gasteiger partial charge in [-0.15, -0.1) is 0 Å². The van der Waals surface area contributed by atoms with E-state index in [1.807, 2.05) is 34.6 Å². The fraction of sp³-hybridized carbons (Fsp3) is 0.552. The van der Waals surface area contributed by atoms with Crippen molar-refractivity contribution in [1.82, 2.24) is 9.88 Å². The van der Waals surface area contributed by atoms with Crippen molar-refractivity contribution in [3.05, 3.63) is 57.7 Å². The van der Waals surface area contributed by atoms with E-state index in [1.54, 1.807) is 38.1 Å². The second-order valence-electron chi connectivity index (χ2n) is 10.7. The number of hydrogen-bond donors (Lipinski definition) is 1. The molecular formula is C29H38BrF3N2O6. The molecular weight excluding hydrogens is 609 g/mol. The minimum absolute atomic E-state index is 0.0306. The highest BCUT2D eigenvalue weighted by Crippen LogP contribution is 2.50. The smallest absolute Gasteiger partial charge is 0.417 e. The van der Waals surface area contributed by atoms with E-state index >= 15 is 0 Å². The van der Waals surface area contributed by atoms with Crippen molar-refractivity contribution in [1.29, 1.82) is 0 Å². The number of ether oxygens (including phenoxy) is 3. The van der Waals surface area contributed by atoms with Gasteiger partial charge in [-0.25, -0.2) is 14.6 Å². The highest BCUT2D eigenvalue weighted by atomic mass is 79.9. The number of aromatic nitrogens is 1. The van der Waals surface area contributed by atoms with Crippen molar-refractivity contribution >= 4 is 28.0 Å². The van der Waals surface area contributed by atoms with Gasteiger partial charge in [0.1, 0.15) is 6.04 Å². The number of carbonyl (C=O) groups excluding carboxylic acids is 1. The van der Waals surface area contributed by atoms with Gasteiger partial charge in [0.15, 0.2) is 0 Å². The molecule has 1 N–H and O–H groups in total. The average molecular weight is 648 g/mol. The first-order valence-corrected chi connectivity index (χ1v) is 14.0. The van der Waals surface area contributed by atoms with Crippen LogP contribution in [0, 0.1) is 11.3 Å². The molecule has 41 heavy (non-hydrogen) atoms. The van der Waals surface area contributed by atoms with E-state index in [9.17, 15) is 27.9 Å². The molecule has 1 amide bonds. The number of carboxylic acids is 1. The van der Waals surface area contributed by atoms with Crippen LogP contribution in [0.5, 0.6) is 5.88 Å². The number of aliphatic carboxylic acids is 1. The number of carbonyl (C=O) groups is 2. The third kappa shape index (κ3) is 8.12. The molecule has 1 fully saturated rings. The Bertz CT molecular complexity index is 1200. The first-order valence-electron chi connectivity index (χ1n) is 13.2. The number of carboxylic acid groups (broad SMARTS) is 1. The van der Waals surface area contributed by atoms with Gasteiger partial charge >= 0.3 is 18.2 Å². The van der Waals surface area contributed by atoms with Gasteiger partial charge in [-0.2, -0.15) is 13.2 Å². The normalized spacial score (nSPS) is 20.9. The summed E-state index contributed by atoms with van der Waals surface area (Å²) >= 11 is 3.42. The molecule has 0 saturated carbocycles. The third-order valence-electron chi connectivity index (χ3n) is 6.47. The lowest BCUT2D eigenvalue weighted by molar-refractivity contribution is -0.145. The fourth-order valence-electron chi connectivity index (χ4n) is 4.97. The quantitative estimate of drug-likeness (QED) is 0.332. The van der Waals surface area contributed by atoms with Gasteiger partial charge < -0.3 is 19.3 Å². The van der Waals surface area contributed by atoms with E-state index in [0.717, 1.165) is 6.07 Å². The van der Waals surface area contributed by atoms with E-state index in [4.69, 9.17) is 14.2 Å². The third-order valence-corrected chi connectivity index (χ3v) is 6.97. The number of likely N-dealkylation sites (tertiary alicyclic amines) is 1. The number of pyridine rings is 1. The topological polar surface area (TPSA) is 98.2 Å². The molecule has 2 heterocycles. The lowest BCUT2D eigenvalue weighted by Crippen LogP contribution is -2.47. The van der Waals surface area contributed by atoms with Crippen LogP contribution < -0.4 is 4.74 Å². The summed E-state index contributed by atoms with van der Waals surface area (Å²) in [4.78, 5) is 31.1. The van der Waals surface area contributed by atoms with Crippen molar-refractivity contribution in [2.45, 2.75) is 85.5 Å². The molecule has 8 nitrogen and oxygen atoms in total. The second kappa shape index (κ2) is 13.9. The molecule has 228 valence electrons. The van der Waals surface area contributed by atoms with Crippen molar-refractivity contribution in [2.75, 3.05) is 7.11 Å². The Morgan fingerprint density at radius 2 is 1.78 bits per heavy atom. The van der Waals surface area contributed by atoms with Crippen LogP contribution >= 0.6 is 15.9 Å². The maximum absolute atomic E-state index is 13.4. The molecule has 1 aromatic heterocycles. The largest absolute Gasteiger partial charge is 0.481 e. The van der Waals surface area contributed by atoms with Crippen LogP contribution in [0.1, 0.15) is 71.2 Å². The van der Waals surface area contributed by atoms with Gasteiger partial charge in [0.2, 0.25) is 5.88 Å². The minimum atomic E-state index is -4.64. The summed E-state index contributed by atoms with van der Waals surface area (Å²) in [6, 6.07) is 5.61. The molecule has 1 aliphatic heterocycles. The van der Waals surface area contributed by atoms with E-state index < -0.39 is 59.4 Å². The first kappa shape index (κ1) is 34.3. The number of halogens is 4. The molecule has 1 aromatic carbocycles. The molecule has 0 radical (unpaired) electrons. The van der Waals surface area contributed by atoms with E-state index in [-0.39, 0.29) is 18.1 Å². The summed E-state index contributed by atoms with van der Waals surface area (Å²) in [5.74, 6) is -2.08. The van der Waals surface area contributed by atoms with Crippen LogP contribution in [0.2, 0.25) is 0 Å². The maximum atomic E-state index is 13.4. The van der Waals surface area contributed by atoms with Crippen molar-refractivity contribution in [3.8, 4) is 5.88 Å². The van der Waals surface area contributed by atoms with Gasteiger partial charge in [0.05, 0.1) is 37.5 Å². The Morgan fingerprint density at radius 3 is 2.27 bits per heavy atom. The molecule has 0 aliphatic carbocycles. The Morgan fingerprint density at radius 1 is 1.15 bits per heavy atom. The van der Waals surface area contributed by atoms with Crippen LogP contribution in [0.15, 0.2) is 41.0 Å². The lowest BCUT2D eigenvalue weighted by atomic mass is 9.73. The number of amides is 1. The van der Waals surface area contributed by atoms with Gasteiger partial charge in [0.25, 0.3) is 0 Å². The highest BCUT2D eigenvalue weighted by molar-refractivity contribution is 9.10. The maximum Gasteiger partial charge on any atom is 0.417 e. The summed E-state index contributed by atoms with van der Waals surface area (Å²) in [5.41, 5.74) is -1.08. The van der Waals surface area contributed by atoms with Gasteiger partial charge in [-0.1, -0.05) is 62.7 Å². The SMILES string of the molecule is CC.COc1ncc(C(F)(F)F)cc1CO[C@H]1[C@H](C(C)(C)C)[C@@H](C(=O)O)N(C(=O)OC(C)C)[C@H]1c1cccc(Br)c1. The molecule has 3 rings (SSSR count). The number of benzene rings is 1. The van der Waals surface area contributed by atoms with Crippen LogP contribution in [-0.2, 0) is 27.1 Å². The number of methoxy groups -OCH3 is 1. The summed E-state index contributed by atoms with van der Waals surface area (Å²) in [6.07, 6.45) is -6.27. The standard InChI is InChI=1S/C27H32BrF3N2O6.C2H6/c1-14(2)39-25(36)33-20(15-8-7-9-18(28)11-15)22(19(26(3,4)5)21(33)24(34)35)38-13-16-10-17(27(29,30)31)12-32-23(16)37-6;1-2/h7-12,14,19-22H,13H2,1-6H3,(H,34,35);1-2H3/t19-,20+,21+,22+;/m1./s1. The summed E-state index contributed by atoms with van der Waals surface area (Å²) in [5, 5.41) is 10.4. The van der Waals surface area contributed by atoms with Crippen LogP contribution in [-0.4, -0.2) is 52.4 Å². The van der Waals surface area contributed by atoms with Crippen molar-refractivity contribution in [3.63, 3.8) is 0 Å². The molecule has 4 atom stereocenters. The Hall–Kier alpha value is -2.86. The minimum Gasteiger partial charge on any atom is -0.481 e. The average Bonchev–Trinajstić information content (AvgIpc) is 3.24. The zero-order valence-corrected chi connectivity index (χ0v) is 26.0. The molecule has 0 unspecified atom stereocenters. The zero-order valence-electron chi connectivity index (χ0n) is 24.5. The predicted octanol–water partition coefficient (Wildman–Crippen LogP) is 7.50. The van der Waals surface area contributed by atoms with Gasteiger partial charge in [-0.3, -0.25) is 4.90 Å². The van der Waals surface area contributed by atoms with E-state index in [2.05, 4.69) is 20.9 Å². The second-order valence-corrected chi connectivity index (χ2v) is 11.6. The summed E-state index contributed by atoms with van der Waals surface area (Å²) in [7, 11) is 1.28. The zero-order chi connectivity index (χ0) is 31.3.